The van der Waals surface area contributed by atoms with Crippen LogP contribution in [0.25, 0.3) is 0 Å². The fourth-order valence-corrected chi connectivity index (χ4v) is 3.91. The van der Waals surface area contributed by atoms with Crippen LogP contribution in [0, 0.1) is 11.3 Å². The van der Waals surface area contributed by atoms with Gasteiger partial charge in [0.25, 0.3) is 5.91 Å². The average Bonchev–Trinajstić information content (AvgIpc) is 3.25. The molecule has 144 valence electrons. The minimum Gasteiger partial charge on any atom is -0.452 e. The van der Waals surface area contributed by atoms with Crippen molar-refractivity contribution in [2.24, 2.45) is 0 Å². The monoisotopic (exact) mass is 396 g/mol. The Morgan fingerprint density at radius 1 is 1.21 bits per heavy atom. The highest BCUT2D eigenvalue weighted by molar-refractivity contribution is 7.99. The number of benzene rings is 2. The van der Waals surface area contributed by atoms with Crippen molar-refractivity contribution in [3.8, 4) is 6.07 Å². The van der Waals surface area contributed by atoms with Gasteiger partial charge in [0.05, 0.1) is 22.9 Å². The molecule has 1 heterocycles. The van der Waals surface area contributed by atoms with Crippen LogP contribution in [0.15, 0.2) is 53.4 Å². The van der Waals surface area contributed by atoms with E-state index in [1.807, 2.05) is 18.2 Å². The summed E-state index contributed by atoms with van der Waals surface area (Å²) < 4.78 is 10.8. The summed E-state index contributed by atoms with van der Waals surface area (Å²) in [6.07, 6.45) is 2.31. The predicted octanol–water partition coefficient (Wildman–Crippen LogP) is 3.62. The zero-order chi connectivity index (χ0) is 19.8. The molecular formula is C21H20N2O4S. The van der Waals surface area contributed by atoms with Crippen LogP contribution >= 0.6 is 11.8 Å². The van der Waals surface area contributed by atoms with Gasteiger partial charge in [-0.15, -0.1) is 11.8 Å². The first-order chi connectivity index (χ1) is 13.7. The van der Waals surface area contributed by atoms with Crippen molar-refractivity contribution in [2.45, 2.75) is 23.8 Å². The van der Waals surface area contributed by atoms with Crippen LogP contribution in [0.1, 0.15) is 28.8 Å². The van der Waals surface area contributed by atoms with Crippen molar-refractivity contribution >= 4 is 29.3 Å². The maximum atomic E-state index is 12.4. The number of nitrogens with one attached hydrogen (secondary N) is 1. The molecule has 0 radical (unpaired) electrons. The van der Waals surface area contributed by atoms with Crippen LogP contribution in [-0.4, -0.2) is 36.9 Å². The molecule has 0 spiro atoms. The van der Waals surface area contributed by atoms with Crippen LogP contribution in [0.5, 0.6) is 0 Å². The van der Waals surface area contributed by atoms with Gasteiger partial charge in [0.15, 0.2) is 6.61 Å². The largest absolute Gasteiger partial charge is 0.452 e. The summed E-state index contributed by atoms with van der Waals surface area (Å²) in [6, 6.07) is 15.8. The first kappa shape index (κ1) is 19.9. The van der Waals surface area contributed by atoms with Crippen LogP contribution < -0.4 is 5.32 Å². The summed E-state index contributed by atoms with van der Waals surface area (Å²) >= 11 is 1.55. The van der Waals surface area contributed by atoms with E-state index in [2.05, 4.69) is 5.32 Å². The second kappa shape index (κ2) is 9.93. The van der Waals surface area contributed by atoms with E-state index in [1.165, 1.54) is 0 Å². The fourth-order valence-electron chi connectivity index (χ4n) is 2.80. The fraction of sp³-hybridized carbons (Fsp3) is 0.286. The Morgan fingerprint density at radius 3 is 2.79 bits per heavy atom. The number of thioether (sulfide) groups is 1. The highest BCUT2D eigenvalue weighted by Gasteiger charge is 2.19. The number of nitrogens with zero attached hydrogens (tertiary/aromatic N) is 1. The Bertz CT molecular complexity index is 888. The van der Waals surface area contributed by atoms with Crippen molar-refractivity contribution in [3.63, 3.8) is 0 Å². The third kappa shape index (κ3) is 5.35. The molecule has 1 aliphatic rings. The SMILES string of the molecule is N#Cc1ccccc1NC(=O)COC(=O)c1ccccc1SC[C@H]1CCCO1. The minimum atomic E-state index is -0.556. The molecule has 3 rings (SSSR count). The average molecular weight is 396 g/mol. The summed E-state index contributed by atoms with van der Waals surface area (Å²) in [6.45, 7) is 0.363. The van der Waals surface area contributed by atoms with Crippen molar-refractivity contribution in [1.29, 1.82) is 5.26 Å². The van der Waals surface area contributed by atoms with E-state index in [0.717, 1.165) is 30.1 Å². The van der Waals surface area contributed by atoms with Gasteiger partial charge in [-0.1, -0.05) is 24.3 Å². The van der Waals surface area contributed by atoms with E-state index in [4.69, 9.17) is 14.7 Å². The molecule has 1 N–H and O–H groups in total. The summed E-state index contributed by atoms with van der Waals surface area (Å²) in [5.74, 6) is -0.282. The lowest BCUT2D eigenvalue weighted by Gasteiger charge is -2.12. The number of nitriles is 1. The number of anilines is 1. The molecule has 0 saturated carbocycles. The third-order valence-corrected chi connectivity index (χ3v) is 5.42. The zero-order valence-corrected chi connectivity index (χ0v) is 16.0. The third-order valence-electron chi connectivity index (χ3n) is 4.21. The predicted molar refractivity (Wildman–Crippen MR) is 106 cm³/mol. The maximum Gasteiger partial charge on any atom is 0.339 e. The standard InChI is InChI=1S/C21H20N2O4S/c22-12-15-6-1-3-9-18(15)23-20(24)13-27-21(25)17-8-2-4-10-19(17)28-14-16-7-5-11-26-16/h1-4,6,8-10,16H,5,7,11,13-14H2,(H,23,24)/t16-/m1/s1. The molecule has 0 aromatic heterocycles. The van der Waals surface area contributed by atoms with Gasteiger partial charge in [-0.05, 0) is 37.1 Å². The van der Waals surface area contributed by atoms with Crippen molar-refractivity contribution in [3.05, 3.63) is 59.7 Å². The normalized spacial score (nSPS) is 15.6. The van der Waals surface area contributed by atoms with Crippen LogP contribution in [0.3, 0.4) is 0 Å². The van der Waals surface area contributed by atoms with E-state index in [9.17, 15) is 9.59 Å². The topological polar surface area (TPSA) is 88.4 Å². The Hall–Kier alpha value is -2.82. The van der Waals surface area contributed by atoms with E-state index < -0.39 is 18.5 Å². The molecule has 0 aliphatic carbocycles. The Kier molecular flexibility index (Phi) is 7.06. The van der Waals surface area contributed by atoms with Gasteiger partial charge in [-0.25, -0.2) is 4.79 Å². The highest BCUT2D eigenvalue weighted by Crippen LogP contribution is 2.27. The minimum absolute atomic E-state index is 0.208. The lowest BCUT2D eigenvalue weighted by Crippen LogP contribution is -2.21. The number of ether oxygens (including phenoxy) is 2. The summed E-state index contributed by atoms with van der Waals surface area (Å²) in [7, 11) is 0. The molecule has 1 saturated heterocycles. The first-order valence-electron chi connectivity index (χ1n) is 8.97. The van der Waals surface area contributed by atoms with Gasteiger partial charge in [0.1, 0.15) is 6.07 Å². The van der Waals surface area contributed by atoms with E-state index in [-0.39, 0.29) is 6.10 Å². The number of hydrogen-bond acceptors (Lipinski definition) is 6. The Morgan fingerprint density at radius 2 is 2.00 bits per heavy atom. The van der Waals surface area contributed by atoms with Crippen molar-refractivity contribution < 1.29 is 19.1 Å². The van der Waals surface area contributed by atoms with E-state index in [0.29, 0.717) is 16.8 Å². The number of para-hydroxylation sites is 1. The molecule has 1 amide bonds. The molecular weight excluding hydrogens is 376 g/mol. The summed E-state index contributed by atoms with van der Waals surface area (Å²) in [4.78, 5) is 25.3. The number of amides is 1. The number of hydrogen-bond donors (Lipinski definition) is 1. The number of rotatable bonds is 7. The van der Waals surface area contributed by atoms with Crippen LogP contribution in [0.4, 0.5) is 5.69 Å². The summed E-state index contributed by atoms with van der Waals surface area (Å²) in [5, 5.41) is 11.6. The lowest BCUT2D eigenvalue weighted by atomic mass is 10.2. The molecule has 0 bridgehead atoms. The molecule has 1 atom stereocenters. The number of carbonyl (C=O) groups excluding carboxylic acids is 2. The summed E-state index contributed by atoms with van der Waals surface area (Å²) in [5.41, 5.74) is 1.16. The van der Waals surface area contributed by atoms with Gasteiger partial charge in [0, 0.05) is 17.3 Å². The number of esters is 1. The molecule has 28 heavy (non-hydrogen) atoms. The molecule has 7 heteroatoms. The van der Waals surface area contributed by atoms with Gasteiger partial charge in [0.2, 0.25) is 0 Å². The quantitative estimate of drug-likeness (QED) is 0.568. The second-order valence-electron chi connectivity index (χ2n) is 6.22. The van der Waals surface area contributed by atoms with Crippen molar-refractivity contribution in [1.82, 2.24) is 0 Å². The van der Waals surface area contributed by atoms with Gasteiger partial charge in [-0.3, -0.25) is 4.79 Å². The second-order valence-corrected chi connectivity index (χ2v) is 7.29. The van der Waals surface area contributed by atoms with Crippen molar-refractivity contribution in [2.75, 3.05) is 24.3 Å². The number of carbonyl (C=O) groups is 2. The smallest absolute Gasteiger partial charge is 0.339 e. The molecule has 1 aliphatic heterocycles. The zero-order valence-electron chi connectivity index (χ0n) is 15.2. The molecule has 1 fully saturated rings. The molecule has 2 aromatic carbocycles. The van der Waals surface area contributed by atoms with E-state index >= 15 is 0 Å². The Balaban J connectivity index is 1.55. The van der Waals surface area contributed by atoms with Gasteiger partial charge in [-0.2, -0.15) is 5.26 Å². The maximum absolute atomic E-state index is 12.4. The van der Waals surface area contributed by atoms with Crippen LogP contribution in [0.2, 0.25) is 0 Å². The Labute approximate surface area is 167 Å². The lowest BCUT2D eigenvalue weighted by molar-refractivity contribution is -0.119. The molecule has 6 nitrogen and oxygen atoms in total. The van der Waals surface area contributed by atoms with Gasteiger partial charge >= 0.3 is 5.97 Å². The van der Waals surface area contributed by atoms with Crippen LogP contribution in [-0.2, 0) is 14.3 Å². The van der Waals surface area contributed by atoms with Gasteiger partial charge < -0.3 is 14.8 Å². The first-order valence-corrected chi connectivity index (χ1v) is 9.95. The highest BCUT2D eigenvalue weighted by atomic mass is 32.2. The molecule has 0 unspecified atom stereocenters. The van der Waals surface area contributed by atoms with E-state index in [1.54, 1.807) is 48.2 Å². The molecule has 2 aromatic rings.